The van der Waals surface area contributed by atoms with Crippen molar-refractivity contribution in [3.05, 3.63) is 53.6 Å². The van der Waals surface area contributed by atoms with Crippen LogP contribution in [0.15, 0.2) is 47.4 Å². The van der Waals surface area contributed by atoms with Crippen LogP contribution in [0.3, 0.4) is 0 Å². The molecule has 0 saturated heterocycles. The summed E-state index contributed by atoms with van der Waals surface area (Å²) < 4.78 is 22.8. The van der Waals surface area contributed by atoms with Crippen LogP contribution in [-0.2, 0) is 9.84 Å². The highest BCUT2D eigenvalue weighted by molar-refractivity contribution is 7.90. The molecule has 0 heterocycles. The summed E-state index contributed by atoms with van der Waals surface area (Å²) >= 11 is 0. The molecule has 0 bridgehead atoms. The van der Waals surface area contributed by atoms with Gasteiger partial charge in [0, 0.05) is 6.26 Å². The third-order valence-electron chi connectivity index (χ3n) is 2.98. The first-order chi connectivity index (χ1) is 9.38. The molecule has 20 heavy (non-hydrogen) atoms. The second-order valence-corrected chi connectivity index (χ2v) is 6.63. The van der Waals surface area contributed by atoms with Crippen LogP contribution in [0.2, 0.25) is 0 Å². The predicted octanol–water partition coefficient (Wildman–Crippen LogP) is 4.40. The zero-order valence-corrected chi connectivity index (χ0v) is 13.6. The Hall–Kier alpha value is -1.61. The highest BCUT2D eigenvalue weighted by Crippen LogP contribution is 2.25. The van der Waals surface area contributed by atoms with Crippen LogP contribution in [0.5, 0.6) is 0 Å². The van der Waals surface area contributed by atoms with Crippen molar-refractivity contribution in [2.75, 3.05) is 6.26 Å². The Morgan fingerprint density at radius 2 is 1.40 bits per heavy atom. The zero-order chi connectivity index (χ0) is 15.3. The fraction of sp³-hybridized carbons (Fsp3) is 0.294. The molecule has 0 radical (unpaired) electrons. The lowest BCUT2D eigenvalue weighted by Crippen LogP contribution is -1.96. The molecule has 0 aliphatic carbocycles. The van der Waals surface area contributed by atoms with Gasteiger partial charge in [0.15, 0.2) is 9.84 Å². The van der Waals surface area contributed by atoms with E-state index >= 15 is 0 Å². The van der Waals surface area contributed by atoms with Crippen molar-refractivity contribution in [2.24, 2.45) is 0 Å². The van der Waals surface area contributed by atoms with Crippen molar-refractivity contribution in [3.63, 3.8) is 0 Å². The fourth-order valence-electron chi connectivity index (χ4n) is 2.02. The van der Waals surface area contributed by atoms with Gasteiger partial charge < -0.3 is 0 Å². The van der Waals surface area contributed by atoms with E-state index in [-0.39, 0.29) is 0 Å². The molecule has 0 aliphatic heterocycles. The number of rotatable bonds is 2. The van der Waals surface area contributed by atoms with Crippen LogP contribution < -0.4 is 0 Å². The van der Waals surface area contributed by atoms with E-state index in [1.807, 2.05) is 26.0 Å². The summed E-state index contributed by atoms with van der Waals surface area (Å²) in [4.78, 5) is 0.357. The molecule has 0 fully saturated rings. The SMILES string of the molecule is CC.Cc1ccc(-c2ccc(S(C)(=O)=O)cc2)c(C)c1. The molecule has 0 unspecified atom stereocenters. The molecule has 0 spiro atoms. The third-order valence-corrected chi connectivity index (χ3v) is 4.10. The van der Waals surface area contributed by atoms with Crippen molar-refractivity contribution in [3.8, 4) is 11.1 Å². The number of hydrogen-bond acceptors (Lipinski definition) is 2. The fourth-order valence-corrected chi connectivity index (χ4v) is 2.65. The van der Waals surface area contributed by atoms with Gasteiger partial charge in [-0.05, 0) is 42.7 Å². The molecular formula is C17H22O2S. The van der Waals surface area contributed by atoms with Crippen molar-refractivity contribution in [1.29, 1.82) is 0 Å². The smallest absolute Gasteiger partial charge is 0.175 e. The van der Waals surface area contributed by atoms with Crippen LogP contribution in [0.1, 0.15) is 25.0 Å². The maximum absolute atomic E-state index is 11.4. The molecule has 2 rings (SSSR count). The summed E-state index contributed by atoms with van der Waals surface area (Å²) in [5.74, 6) is 0. The van der Waals surface area contributed by atoms with Crippen LogP contribution in [0.25, 0.3) is 11.1 Å². The number of benzene rings is 2. The first-order valence-electron chi connectivity index (χ1n) is 6.76. The van der Waals surface area contributed by atoms with E-state index < -0.39 is 9.84 Å². The van der Waals surface area contributed by atoms with E-state index in [1.54, 1.807) is 12.1 Å². The van der Waals surface area contributed by atoms with Gasteiger partial charge in [0.1, 0.15) is 0 Å². The maximum atomic E-state index is 11.4. The van der Waals surface area contributed by atoms with Crippen LogP contribution in [-0.4, -0.2) is 14.7 Å². The Morgan fingerprint density at radius 1 is 0.850 bits per heavy atom. The normalized spacial score (nSPS) is 10.7. The highest BCUT2D eigenvalue weighted by atomic mass is 32.2. The molecule has 0 N–H and O–H groups in total. The van der Waals surface area contributed by atoms with Gasteiger partial charge >= 0.3 is 0 Å². The molecule has 0 amide bonds. The van der Waals surface area contributed by atoms with E-state index in [0.717, 1.165) is 11.1 Å². The van der Waals surface area contributed by atoms with Crippen LogP contribution >= 0.6 is 0 Å². The molecule has 3 heteroatoms. The lowest BCUT2D eigenvalue weighted by molar-refractivity contribution is 0.602. The summed E-state index contributed by atoms with van der Waals surface area (Å²) in [6.07, 6.45) is 1.22. The van der Waals surface area contributed by atoms with Gasteiger partial charge in [0.05, 0.1) is 4.90 Å². The molecule has 2 aromatic carbocycles. The van der Waals surface area contributed by atoms with Crippen LogP contribution in [0, 0.1) is 13.8 Å². The van der Waals surface area contributed by atoms with Crippen LogP contribution in [0.4, 0.5) is 0 Å². The third kappa shape index (κ3) is 3.94. The van der Waals surface area contributed by atoms with Crippen molar-refractivity contribution < 1.29 is 8.42 Å². The first kappa shape index (κ1) is 16.4. The molecule has 0 saturated carbocycles. The monoisotopic (exact) mass is 290 g/mol. The quantitative estimate of drug-likeness (QED) is 0.821. The Bertz CT molecular complexity index is 669. The van der Waals surface area contributed by atoms with Crippen molar-refractivity contribution in [1.82, 2.24) is 0 Å². The van der Waals surface area contributed by atoms with E-state index in [0.29, 0.717) is 4.90 Å². The lowest BCUT2D eigenvalue weighted by Gasteiger charge is -2.08. The van der Waals surface area contributed by atoms with Gasteiger partial charge in [-0.15, -0.1) is 0 Å². The topological polar surface area (TPSA) is 34.1 Å². The Kier molecular flexibility index (Phi) is 5.52. The minimum Gasteiger partial charge on any atom is -0.224 e. The van der Waals surface area contributed by atoms with Gasteiger partial charge in [-0.1, -0.05) is 49.7 Å². The second-order valence-electron chi connectivity index (χ2n) is 4.61. The molecule has 0 aliphatic rings. The molecule has 0 aromatic heterocycles. The van der Waals surface area contributed by atoms with E-state index in [1.165, 1.54) is 17.4 Å². The Morgan fingerprint density at radius 3 is 1.85 bits per heavy atom. The van der Waals surface area contributed by atoms with E-state index in [4.69, 9.17) is 0 Å². The molecule has 108 valence electrons. The van der Waals surface area contributed by atoms with Gasteiger partial charge in [0.25, 0.3) is 0 Å². The number of hydrogen-bond donors (Lipinski definition) is 0. The molecule has 0 atom stereocenters. The largest absolute Gasteiger partial charge is 0.224 e. The lowest BCUT2D eigenvalue weighted by atomic mass is 9.99. The maximum Gasteiger partial charge on any atom is 0.175 e. The van der Waals surface area contributed by atoms with E-state index in [9.17, 15) is 8.42 Å². The average molecular weight is 290 g/mol. The predicted molar refractivity (Wildman–Crippen MR) is 85.8 cm³/mol. The summed E-state index contributed by atoms with van der Waals surface area (Å²) in [7, 11) is -3.12. The number of aryl methyl sites for hydroxylation is 2. The highest BCUT2D eigenvalue weighted by Gasteiger charge is 2.07. The van der Waals surface area contributed by atoms with Gasteiger partial charge in [-0.3, -0.25) is 0 Å². The first-order valence-corrected chi connectivity index (χ1v) is 8.65. The summed E-state index contributed by atoms with van der Waals surface area (Å²) in [5, 5.41) is 0. The average Bonchev–Trinajstić information content (AvgIpc) is 2.40. The molecule has 2 aromatic rings. The zero-order valence-electron chi connectivity index (χ0n) is 12.8. The summed E-state index contributed by atoms with van der Waals surface area (Å²) in [6, 6.07) is 13.3. The van der Waals surface area contributed by atoms with E-state index in [2.05, 4.69) is 32.0 Å². The van der Waals surface area contributed by atoms with Gasteiger partial charge in [-0.2, -0.15) is 0 Å². The second kappa shape index (κ2) is 6.71. The van der Waals surface area contributed by atoms with Crippen molar-refractivity contribution in [2.45, 2.75) is 32.6 Å². The minimum absolute atomic E-state index is 0.357. The minimum atomic E-state index is -3.12. The molecule has 2 nitrogen and oxygen atoms in total. The van der Waals surface area contributed by atoms with Gasteiger partial charge in [-0.25, -0.2) is 8.42 Å². The van der Waals surface area contributed by atoms with Gasteiger partial charge in [0.2, 0.25) is 0 Å². The Balaban J connectivity index is 0.000000956. The Labute approximate surface area is 122 Å². The van der Waals surface area contributed by atoms with Crippen molar-refractivity contribution >= 4 is 9.84 Å². The number of sulfone groups is 1. The molecular weight excluding hydrogens is 268 g/mol. The standard InChI is InChI=1S/C15H16O2S.C2H6/c1-11-4-9-15(12(2)10-11)13-5-7-14(8-6-13)18(3,16)17;1-2/h4-10H,1-3H3;1-2H3. The summed E-state index contributed by atoms with van der Waals surface area (Å²) in [5.41, 5.74) is 4.60. The summed E-state index contributed by atoms with van der Waals surface area (Å²) in [6.45, 7) is 8.12.